The lowest BCUT2D eigenvalue weighted by Crippen LogP contribution is -1.99. The van der Waals surface area contributed by atoms with Gasteiger partial charge in [-0.05, 0) is 39.7 Å². The van der Waals surface area contributed by atoms with Gasteiger partial charge in [-0.15, -0.1) is 0 Å². The Morgan fingerprint density at radius 1 is 1.20 bits per heavy atom. The van der Waals surface area contributed by atoms with Crippen LogP contribution in [0.5, 0.6) is 5.75 Å². The Labute approximate surface area is 121 Å². The highest BCUT2D eigenvalue weighted by Gasteiger charge is 2.13. The van der Waals surface area contributed by atoms with E-state index in [0.717, 1.165) is 12.1 Å². The van der Waals surface area contributed by atoms with E-state index in [4.69, 9.17) is 4.74 Å². The Morgan fingerprint density at radius 2 is 1.95 bits per heavy atom. The highest BCUT2D eigenvalue weighted by atomic mass is 79.9. The lowest BCUT2D eigenvalue weighted by Gasteiger charge is -2.07. The molecular weight excluding hydrogens is 336 g/mol. The molecule has 0 radical (unpaired) electrons. The predicted molar refractivity (Wildman–Crippen MR) is 71.5 cm³/mol. The minimum Gasteiger partial charge on any atom is -0.486 e. The standard InChI is InChI=1S/C13H8BrF2NO3/c14-10-3-1-8(5-12(10)17(18)19)7-20-13-4-2-9(15)6-11(13)16/h1-6H,7H2. The molecule has 0 aliphatic rings. The molecule has 2 rings (SSSR count). The van der Waals surface area contributed by atoms with Gasteiger partial charge in [-0.3, -0.25) is 10.1 Å². The average Bonchev–Trinajstić information content (AvgIpc) is 2.39. The van der Waals surface area contributed by atoms with Crippen molar-refractivity contribution in [2.75, 3.05) is 0 Å². The van der Waals surface area contributed by atoms with Gasteiger partial charge in [-0.1, -0.05) is 6.07 Å². The molecule has 2 aromatic carbocycles. The summed E-state index contributed by atoms with van der Waals surface area (Å²) in [6.45, 7) is -0.0589. The first-order valence-electron chi connectivity index (χ1n) is 5.48. The van der Waals surface area contributed by atoms with Gasteiger partial charge in [-0.25, -0.2) is 8.78 Å². The summed E-state index contributed by atoms with van der Waals surface area (Å²) in [6.07, 6.45) is 0. The van der Waals surface area contributed by atoms with Crippen LogP contribution in [0.15, 0.2) is 40.9 Å². The minimum atomic E-state index is -0.823. The molecule has 4 nitrogen and oxygen atoms in total. The monoisotopic (exact) mass is 343 g/mol. The smallest absolute Gasteiger partial charge is 0.283 e. The Kier molecular flexibility index (Phi) is 4.29. The molecule has 0 spiro atoms. The molecule has 0 bridgehead atoms. The SMILES string of the molecule is O=[N+]([O-])c1cc(COc2ccc(F)cc2F)ccc1Br. The van der Waals surface area contributed by atoms with Gasteiger partial charge in [0.2, 0.25) is 0 Å². The fourth-order valence-electron chi connectivity index (χ4n) is 1.54. The molecule has 0 aliphatic carbocycles. The molecule has 0 heterocycles. The van der Waals surface area contributed by atoms with E-state index in [1.165, 1.54) is 12.1 Å². The number of ether oxygens (including phenoxy) is 1. The third-order valence-corrected chi connectivity index (χ3v) is 3.17. The summed E-state index contributed by atoms with van der Waals surface area (Å²) < 4.78 is 31.6. The summed E-state index contributed by atoms with van der Waals surface area (Å²) in [5.41, 5.74) is 0.398. The number of hydrogen-bond acceptors (Lipinski definition) is 3. The van der Waals surface area contributed by atoms with Crippen LogP contribution in [0.2, 0.25) is 0 Å². The maximum atomic E-state index is 13.3. The molecule has 0 aromatic heterocycles. The first-order chi connectivity index (χ1) is 9.47. The van der Waals surface area contributed by atoms with Gasteiger partial charge in [0.25, 0.3) is 5.69 Å². The molecule has 0 saturated heterocycles. The Balaban J connectivity index is 2.15. The number of rotatable bonds is 4. The lowest BCUT2D eigenvalue weighted by atomic mass is 10.2. The maximum Gasteiger partial charge on any atom is 0.283 e. The van der Waals surface area contributed by atoms with Crippen LogP contribution in [0.1, 0.15) is 5.56 Å². The van der Waals surface area contributed by atoms with Gasteiger partial charge in [-0.2, -0.15) is 0 Å². The summed E-state index contributed by atoms with van der Waals surface area (Å²) >= 11 is 3.06. The van der Waals surface area contributed by atoms with Crippen LogP contribution in [-0.2, 0) is 6.61 Å². The summed E-state index contributed by atoms with van der Waals surface area (Å²) in [7, 11) is 0. The Hall–Kier alpha value is -2.02. The van der Waals surface area contributed by atoms with Crippen LogP contribution in [0.25, 0.3) is 0 Å². The molecule has 0 aliphatic heterocycles. The predicted octanol–water partition coefficient (Wildman–Crippen LogP) is 4.21. The van der Waals surface area contributed by atoms with Crippen molar-refractivity contribution in [1.29, 1.82) is 0 Å². The molecule has 20 heavy (non-hydrogen) atoms. The van der Waals surface area contributed by atoms with Crippen LogP contribution in [-0.4, -0.2) is 4.92 Å². The van der Waals surface area contributed by atoms with E-state index in [2.05, 4.69) is 15.9 Å². The summed E-state index contributed by atoms with van der Waals surface area (Å²) in [5.74, 6) is -1.64. The van der Waals surface area contributed by atoms with Gasteiger partial charge in [0.15, 0.2) is 11.6 Å². The first kappa shape index (κ1) is 14.4. The zero-order chi connectivity index (χ0) is 14.7. The van der Waals surface area contributed by atoms with Crippen molar-refractivity contribution in [3.8, 4) is 5.75 Å². The van der Waals surface area contributed by atoms with Gasteiger partial charge in [0, 0.05) is 12.1 Å². The van der Waals surface area contributed by atoms with Crippen LogP contribution in [0.4, 0.5) is 14.5 Å². The third kappa shape index (κ3) is 3.30. The first-order valence-corrected chi connectivity index (χ1v) is 6.27. The van der Waals surface area contributed by atoms with Crippen molar-refractivity contribution < 1.29 is 18.4 Å². The fourth-order valence-corrected chi connectivity index (χ4v) is 1.93. The zero-order valence-electron chi connectivity index (χ0n) is 9.98. The lowest BCUT2D eigenvalue weighted by molar-refractivity contribution is -0.385. The van der Waals surface area contributed by atoms with Crippen molar-refractivity contribution >= 4 is 21.6 Å². The molecule has 2 aromatic rings. The van der Waals surface area contributed by atoms with Crippen molar-refractivity contribution in [3.05, 3.63) is 68.2 Å². The summed E-state index contributed by atoms with van der Waals surface area (Å²) in [4.78, 5) is 10.2. The highest BCUT2D eigenvalue weighted by Crippen LogP contribution is 2.26. The number of hydrogen-bond donors (Lipinski definition) is 0. The molecule has 0 amide bonds. The molecule has 0 atom stereocenters. The molecule has 0 unspecified atom stereocenters. The Bertz CT molecular complexity index is 664. The second kappa shape index (κ2) is 5.96. The van der Waals surface area contributed by atoms with Crippen molar-refractivity contribution in [1.82, 2.24) is 0 Å². The van der Waals surface area contributed by atoms with E-state index in [1.807, 2.05) is 0 Å². The van der Waals surface area contributed by atoms with E-state index in [0.29, 0.717) is 16.1 Å². The molecule has 7 heteroatoms. The van der Waals surface area contributed by atoms with E-state index in [-0.39, 0.29) is 18.0 Å². The topological polar surface area (TPSA) is 52.4 Å². The van der Waals surface area contributed by atoms with Gasteiger partial charge < -0.3 is 4.74 Å². The van der Waals surface area contributed by atoms with E-state index in [9.17, 15) is 18.9 Å². The van der Waals surface area contributed by atoms with E-state index < -0.39 is 16.6 Å². The van der Waals surface area contributed by atoms with Crippen LogP contribution < -0.4 is 4.74 Å². The van der Waals surface area contributed by atoms with Crippen LogP contribution in [0.3, 0.4) is 0 Å². The molecule has 0 saturated carbocycles. The number of nitro benzene ring substituents is 1. The van der Waals surface area contributed by atoms with Crippen LogP contribution >= 0.6 is 15.9 Å². The summed E-state index contributed by atoms with van der Waals surface area (Å²) in [5, 5.41) is 10.8. The van der Waals surface area contributed by atoms with E-state index in [1.54, 1.807) is 6.07 Å². The zero-order valence-corrected chi connectivity index (χ0v) is 11.6. The van der Waals surface area contributed by atoms with Crippen molar-refractivity contribution in [2.45, 2.75) is 6.61 Å². The highest BCUT2D eigenvalue weighted by molar-refractivity contribution is 9.10. The number of halogens is 3. The average molecular weight is 344 g/mol. The minimum absolute atomic E-state index is 0.0589. The number of nitrogens with zero attached hydrogens (tertiary/aromatic N) is 1. The second-order valence-corrected chi connectivity index (χ2v) is 4.76. The largest absolute Gasteiger partial charge is 0.486 e. The summed E-state index contributed by atoms with van der Waals surface area (Å²) in [6, 6.07) is 7.39. The van der Waals surface area contributed by atoms with E-state index >= 15 is 0 Å². The number of nitro groups is 1. The molecule has 0 fully saturated rings. The van der Waals surface area contributed by atoms with Gasteiger partial charge in [0.1, 0.15) is 12.4 Å². The normalized spacial score (nSPS) is 10.3. The number of benzene rings is 2. The fraction of sp³-hybridized carbons (Fsp3) is 0.0769. The van der Waals surface area contributed by atoms with Gasteiger partial charge in [0.05, 0.1) is 9.40 Å². The van der Waals surface area contributed by atoms with Crippen molar-refractivity contribution in [2.24, 2.45) is 0 Å². The Morgan fingerprint density at radius 3 is 2.60 bits per heavy atom. The van der Waals surface area contributed by atoms with Crippen molar-refractivity contribution in [3.63, 3.8) is 0 Å². The second-order valence-electron chi connectivity index (χ2n) is 3.91. The maximum absolute atomic E-state index is 13.3. The van der Waals surface area contributed by atoms with Crippen LogP contribution in [0, 0.1) is 21.7 Å². The molecular formula is C13H8BrF2NO3. The third-order valence-electron chi connectivity index (χ3n) is 2.50. The quantitative estimate of drug-likeness (QED) is 0.617. The van der Waals surface area contributed by atoms with Gasteiger partial charge >= 0.3 is 0 Å². The molecule has 0 N–H and O–H groups in total. The molecule has 104 valence electrons.